The molecule has 0 unspecified atom stereocenters. The molecule has 3 N–H and O–H groups in total. The van der Waals surface area contributed by atoms with Crippen LogP contribution < -0.4 is 15.8 Å². The fourth-order valence-corrected chi connectivity index (χ4v) is 1.54. The zero-order valence-electron chi connectivity index (χ0n) is 10.5. The summed E-state index contributed by atoms with van der Waals surface area (Å²) >= 11 is 0. The molecule has 2 rings (SSSR count). The molecule has 0 saturated heterocycles. The van der Waals surface area contributed by atoms with Gasteiger partial charge in [-0.15, -0.1) is 0 Å². The van der Waals surface area contributed by atoms with E-state index in [1.807, 2.05) is 6.07 Å². The highest BCUT2D eigenvalue weighted by atomic mass is 16.5. The summed E-state index contributed by atoms with van der Waals surface area (Å²) in [6, 6.07) is 5.22. The minimum absolute atomic E-state index is 0.138. The molecule has 7 nitrogen and oxygen atoms in total. The van der Waals surface area contributed by atoms with E-state index >= 15 is 0 Å². The van der Waals surface area contributed by atoms with E-state index in [1.54, 1.807) is 31.6 Å². The fraction of sp³-hybridized carbons (Fsp3) is 0.250. The Morgan fingerprint density at radius 1 is 1.53 bits per heavy atom. The smallest absolute Gasteiger partial charge is 0.241 e. The van der Waals surface area contributed by atoms with Crippen LogP contribution in [0, 0.1) is 0 Å². The molecule has 0 fully saturated rings. The molecular formula is C12H15N5O2. The Morgan fingerprint density at radius 2 is 2.37 bits per heavy atom. The Balaban J connectivity index is 1.86. The Labute approximate surface area is 110 Å². The second-order valence-electron chi connectivity index (χ2n) is 3.92. The highest BCUT2D eigenvalue weighted by Gasteiger charge is 2.04. The molecule has 2 aromatic heterocycles. The lowest BCUT2D eigenvalue weighted by molar-refractivity contribution is -0.122. The molecular weight excluding hydrogens is 246 g/mol. The summed E-state index contributed by atoms with van der Waals surface area (Å²) in [5.41, 5.74) is 6.38. The largest absolute Gasteiger partial charge is 0.481 e. The summed E-state index contributed by atoms with van der Waals surface area (Å²) in [6.45, 7) is 0.549. The van der Waals surface area contributed by atoms with Gasteiger partial charge in [-0.3, -0.25) is 9.48 Å². The molecule has 0 aliphatic heterocycles. The minimum Gasteiger partial charge on any atom is -0.481 e. The number of hydrogen-bond acceptors (Lipinski definition) is 5. The molecule has 0 bridgehead atoms. The summed E-state index contributed by atoms with van der Waals surface area (Å²) in [7, 11) is 1.55. The van der Waals surface area contributed by atoms with Gasteiger partial charge in [0.15, 0.2) is 0 Å². The van der Waals surface area contributed by atoms with Crippen molar-refractivity contribution in [2.24, 2.45) is 0 Å². The van der Waals surface area contributed by atoms with Crippen LogP contribution in [0.3, 0.4) is 0 Å². The van der Waals surface area contributed by atoms with Crippen molar-refractivity contribution in [3.05, 3.63) is 36.2 Å². The number of nitrogens with one attached hydrogen (secondary N) is 1. The Bertz CT molecular complexity index is 567. The van der Waals surface area contributed by atoms with E-state index in [-0.39, 0.29) is 12.5 Å². The Kier molecular flexibility index (Phi) is 3.97. The minimum atomic E-state index is -0.140. The number of nitrogen functional groups attached to an aromatic ring is 1. The molecule has 19 heavy (non-hydrogen) atoms. The molecule has 2 aromatic rings. The standard InChI is InChI=1S/C12H15N5O2/c1-19-12-6-9(2-4-14-12)7-15-11(18)8-17-5-3-10(13)16-17/h2-6H,7-8H2,1H3,(H2,13,16)(H,15,18). The van der Waals surface area contributed by atoms with E-state index in [0.29, 0.717) is 18.2 Å². The normalized spacial score (nSPS) is 10.2. The molecule has 2 heterocycles. The number of carbonyl (C=O) groups excluding carboxylic acids is 1. The number of hydrogen-bond donors (Lipinski definition) is 2. The van der Waals surface area contributed by atoms with E-state index in [1.165, 1.54) is 4.68 Å². The van der Waals surface area contributed by atoms with Crippen molar-refractivity contribution >= 4 is 11.7 Å². The maximum atomic E-state index is 11.7. The summed E-state index contributed by atoms with van der Waals surface area (Å²) in [4.78, 5) is 15.7. The van der Waals surface area contributed by atoms with Gasteiger partial charge in [-0.05, 0) is 17.7 Å². The topological polar surface area (TPSA) is 95.1 Å². The van der Waals surface area contributed by atoms with E-state index in [2.05, 4.69) is 15.4 Å². The molecule has 0 spiro atoms. The number of nitrogens with zero attached hydrogens (tertiary/aromatic N) is 3. The number of pyridine rings is 1. The van der Waals surface area contributed by atoms with Crippen LogP contribution in [0.25, 0.3) is 0 Å². The first-order valence-corrected chi connectivity index (χ1v) is 5.72. The number of carbonyl (C=O) groups is 1. The van der Waals surface area contributed by atoms with Crippen LogP contribution in [-0.4, -0.2) is 27.8 Å². The molecule has 100 valence electrons. The van der Waals surface area contributed by atoms with Gasteiger partial charge in [-0.25, -0.2) is 4.98 Å². The first kappa shape index (κ1) is 12.9. The molecule has 7 heteroatoms. The second-order valence-corrected chi connectivity index (χ2v) is 3.92. The van der Waals surface area contributed by atoms with Gasteiger partial charge in [0.2, 0.25) is 11.8 Å². The first-order valence-electron chi connectivity index (χ1n) is 5.72. The maximum absolute atomic E-state index is 11.7. The lowest BCUT2D eigenvalue weighted by Gasteiger charge is -2.06. The monoisotopic (exact) mass is 261 g/mol. The van der Waals surface area contributed by atoms with Crippen LogP contribution >= 0.6 is 0 Å². The predicted octanol–water partition coefficient (Wildman–Crippen LogP) is 0.185. The van der Waals surface area contributed by atoms with Gasteiger partial charge in [-0.1, -0.05) is 0 Å². The van der Waals surface area contributed by atoms with Gasteiger partial charge in [0.1, 0.15) is 12.4 Å². The van der Waals surface area contributed by atoms with E-state index in [9.17, 15) is 4.79 Å². The van der Waals surface area contributed by atoms with Crippen molar-refractivity contribution < 1.29 is 9.53 Å². The molecule has 0 aliphatic carbocycles. The van der Waals surface area contributed by atoms with Gasteiger partial charge < -0.3 is 15.8 Å². The van der Waals surface area contributed by atoms with Crippen molar-refractivity contribution in [1.29, 1.82) is 0 Å². The van der Waals surface area contributed by atoms with Crippen molar-refractivity contribution in [2.75, 3.05) is 12.8 Å². The summed E-state index contributed by atoms with van der Waals surface area (Å²) in [5, 5.41) is 6.72. The lowest BCUT2D eigenvalue weighted by Crippen LogP contribution is -2.27. The summed E-state index contributed by atoms with van der Waals surface area (Å²) in [5.74, 6) is 0.775. The molecule has 0 radical (unpaired) electrons. The summed E-state index contributed by atoms with van der Waals surface area (Å²) in [6.07, 6.45) is 3.29. The third-order valence-electron chi connectivity index (χ3n) is 2.46. The average Bonchev–Trinajstić information content (AvgIpc) is 2.82. The van der Waals surface area contributed by atoms with Crippen LogP contribution in [0.15, 0.2) is 30.6 Å². The van der Waals surface area contributed by atoms with Crippen LogP contribution in [0.4, 0.5) is 5.82 Å². The van der Waals surface area contributed by atoms with Gasteiger partial charge >= 0.3 is 0 Å². The first-order chi connectivity index (χ1) is 9.17. The number of nitrogens with two attached hydrogens (primary N) is 1. The van der Waals surface area contributed by atoms with E-state index < -0.39 is 0 Å². The van der Waals surface area contributed by atoms with Crippen molar-refractivity contribution in [2.45, 2.75) is 13.1 Å². The fourth-order valence-electron chi connectivity index (χ4n) is 1.54. The van der Waals surface area contributed by atoms with E-state index in [0.717, 1.165) is 5.56 Å². The number of ether oxygens (including phenoxy) is 1. The number of anilines is 1. The van der Waals surface area contributed by atoms with Crippen molar-refractivity contribution in [3.63, 3.8) is 0 Å². The molecule has 1 amide bonds. The summed E-state index contributed by atoms with van der Waals surface area (Å²) < 4.78 is 6.49. The van der Waals surface area contributed by atoms with Crippen molar-refractivity contribution in [1.82, 2.24) is 20.1 Å². The van der Waals surface area contributed by atoms with Crippen LogP contribution in [-0.2, 0) is 17.9 Å². The SMILES string of the molecule is COc1cc(CNC(=O)Cn2ccc(N)n2)ccn1. The van der Waals surface area contributed by atoms with Gasteiger partial charge in [-0.2, -0.15) is 5.10 Å². The second kappa shape index (κ2) is 5.85. The predicted molar refractivity (Wildman–Crippen MR) is 69.3 cm³/mol. The highest BCUT2D eigenvalue weighted by Crippen LogP contribution is 2.07. The maximum Gasteiger partial charge on any atom is 0.241 e. The van der Waals surface area contributed by atoms with Crippen LogP contribution in [0.5, 0.6) is 5.88 Å². The van der Waals surface area contributed by atoms with Gasteiger partial charge in [0, 0.05) is 25.0 Å². The number of amides is 1. The quantitative estimate of drug-likeness (QED) is 0.800. The Hall–Kier alpha value is -2.57. The zero-order chi connectivity index (χ0) is 13.7. The number of aromatic nitrogens is 3. The third-order valence-corrected chi connectivity index (χ3v) is 2.46. The van der Waals surface area contributed by atoms with E-state index in [4.69, 9.17) is 10.5 Å². The van der Waals surface area contributed by atoms with Gasteiger partial charge in [0.25, 0.3) is 0 Å². The molecule has 0 saturated carbocycles. The highest BCUT2D eigenvalue weighted by molar-refractivity contribution is 5.75. The van der Waals surface area contributed by atoms with Crippen LogP contribution in [0.2, 0.25) is 0 Å². The van der Waals surface area contributed by atoms with Crippen molar-refractivity contribution in [3.8, 4) is 5.88 Å². The van der Waals surface area contributed by atoms with Gasteiger partial charge in [0.05, 0.1) is 7.11 Å². The lowest BCUT2D eigenvalue weighted by atomic mass is 10.2. The molecule has 0 atom stereocenters. The number of rotatable bonds is 5. The number of methoxy groups -OCH3 is 1. The molecule has 0 aromatic carbocycles. The third kappa shape index (κ3) is 3.70. The Morgan fingerprint density at radius 3 is 3.05 bits per heavy atom. The van der Waals surface area contributed by atoms with Crippen LogP contribution in [0.1, 0.15) is 5.56 Å². The zero-order valence-corrected chi connectivity index (χ0v) is 10.5. The molecule has 0 aliphatic rings. The average molecular weight is 261 g/mol.